The van der Waals surface area contributed by atoms with E-state index in [1.807, 2.05) is 42.6 Å². The fourth-order valence-electron chi connectivity index (χ4n) is 3.95. The Morgan fingerprint density at radius 2 is 1.89 bits per heavy atom. The molecule has 10 heteroatoms. The third-order valence-corrected chi connectivity index (χ3v) is 6.12. The lowest BCUT2D eigenvalue weighted by atomic mass is 10.0. The van der Waals surface area contributed by atoms with Gasteiger partial charge < -0.3 is 25.8 Å². The number of aliphatic hydroxyl groups excluding tert-OH is 1. The number of carbonyl (C=O) groups is 1. The van der Waals surface area contributed by atoms with Crippen LogP contribution in [0.15, 0.2) is 79.3 Å². The molecule has 1 atom stereocenters. The van der Waals surface area contributed by atoms with Gasteiger partial charge in [-0.05, 0) is 35.4 Å². The molecule has 1 aliphatic rings. The van der Waals surface area contributed by atoms with E-state index in [1.165, 1.54) is 24.4 Å². The van der Waals surface area contributed by atoms with Crippen molar-refractivity contribution in [3.8, 4) is 11.5 Å². The van der Waals surface area contributed by atoms with Gasteiger partial charge in [0.05, 0.1) is 5.56 Å². The average molecular weight is 518 g/mol. The minimum absolute atomic E-state index is 0.0392. The first kappa shape index (κ1) is 24.2. The van der Waals surface area contributed by atoms with Gasteiger partial charge in [0, 0.05) is 43.0 Å². The van der Waals surface area contributed by atoms with Crippen LogP contribution in [0.1, 0.15) is 33.4 Å². The second-order valence-corrected chi connectivity index (χ2v) is 8.60. The first-order valence-corrected chi connectivity index (χ1v) is 11.6. The van der Waals surface area contributed by atoms with Crippen molar-refractivity contribution >= 4 is 35.1 Å². The van der Waals surface area contributed by atoms with E-state index >= 15 is 0 Å². The Morgan fingerprint density at radius 3 is 2.65 bits per heavy atom. The van der Waals surface area contributed by atoms with Gasteiger partial charge in [-0.3, -0.25) is 4.79 Å². The summed E-state index contributed by atoms with van der Waals surface area (Å²) in [5.41, 5.74) is 7.88. The topological polar surface area (TPSA) is 114 Å². The summed E-state index contributed by atoms with van der Waals surface area (Å²) in [5, 5.41) is 14.1. The Kier molecular flexibility index (Phi) is 6.72. The Hall–Kier alpha value is -4.47. The zero-order valence-electron chi connectivity index (χ0n) is 19.3. The third kappa shape index (κ3) is 5.09. The van der Waals surface area contributed by atoms with Crippen LogP contribution in [-0.2, 0) is 6.54 Å². The predicted molar refractivity (Wildman–Crippen MR) is 138 cm³/mol. The SMILES string of the molecule is NC(=O)c1nccc(Oc2ccc(Nc3nccc4c3C(O)N(Cc3ccccc3)C=C4)cc2F)c1Cl. The van der Waals surface area contributed by atoms with Crippen LogP contribution < -0.4 is 15.8 Å². The summed E-state index contributed by atoms with van der Waals surface area (Å²) in [4.78, 5) is 21.4. The molecule has 0 spiro atoms. The molecule has 4 aromatic rings. The highest BCUT2D eigenvalue weighted by atomic mass is 35.5. The fourth-order valence-corrected chi connectivity index (χ4v) is 4.20. The molecule has 37 heavy (non-hydrogen) atoms. The fraction of sp³-hybridized carbons (Fsp3) is 0.0741. The molecule has 4 N–H and O–H groups in total. The quantitative estimate of drug-likeness (QED) is 0.301. The van der Waals surface area contributed by atoms with Gasteiger partial charge >= 0.3 is 0 Å². The van der Waals surface area contributed by atoms with Crippen molar-refractivity contribution < 1.29 is 19.0 Å². The van der Waals surface area contributed by atoms with Crippen molar-refractivity contribution in [1.29, 1.82) is 0 Å². The maximum Gasteiger partial charge on any atom is 0.268 e. The normalized spacial score (nSPS) is 14.2. The van der Waals surface area contributed by atoms with Crippen molar-refractivity contribution in [2.24, 2.45) is 5.73 Å². The van der Waals surface area contributed by atoms with Crippen LogP contribution in [-0.4, -0.2) is 25.9 Å². The molecule has 0 saturated carbocycles. The summed E-state index contributed by atoms with van der Waals surface area (Å²) < 4.78 is 20.5. The number of aromatic nitrogens is 2. The van der Waals surface area contributed by atoms with E-state index in [0.29, 0.717) is 23.6 Å². The summed E-state index contributed by atoms with van der Waals surface area (Å²) >= 11 is 6.12. The maximum atomic E-state index is 14.9. The number of rotatable bonds is 7. The number of nitrogens with two attached hydrogens (primary N) is 1. The van der Waals surface area contributed by atoms with Gasteiger partial charge in [-0.25, -0.2) is 14.4 Å². The molecule has 0 radical (unpaired) electrons. The van der Waals surface area contributed by atoms with Crippen molar-refractivity contribution in [2.75, 3.05) is 5.32 Å². The molecule has 0 bridgehead atoms. The van der Waals surface area contributed by atoms with E-state index < -0.39 is 18.0 Å². The number of anilines is 2. The molecule has 5 rings (SSSR count). The van der Waals surface area contributed by atoms with E-state index in [4.69, 9.17) is 22.1 Å². The zero-order chi connectivity index (χ0) is 25.9. The average Bonchev–Trinajstić information content (AvgIpc) is 2.89. The summed E-state index contributed by atoms with van der Waals surface area (Å²) in [6.45, 7) is 0.502. The number of nitrogens with one attached hydrogen (secondary N) is 1. The van der Waals surface area contributed by atoms with Gasteiger partial charge in [-0.15, -0.1) is 0 Å². The van der Waals surface area contributed by atoms with E-state index in [1.54, 1.807) is 23.2 Å². The smallest absolute Gasteiger partial charge is 0.268 e. The lowest BCUT2D eigenvalue weighted by Crippen LogP contribution is -2.27. The third-order valence-electron chi connectivity index (χ3n) is 5.75. The predicted octanol–water partition coefficient (Wildman–Crippen LogP) is 5.38. The number of benzene rings is 2. The number of halogens is 2. The Balaban J connectivity index is 1.37. The second kappa shape index (κ2) is 10.3. The standard InChI is InChI=1S/C27H21ClFN5O3/c28-23-21(9-12-31-24(23)25(30)35)37-20-7-6-18(14-19(20)29)33-26-22-17(8-11-32-26)10-13-34(27(22)36)15-16-4-2-1-3-5-16/h1-14,27,36H,15H2,(H2,30,35)(H,32,33). The number of fused-ring (bicyclic) bond motifs is 1. The van der Waals surface area contributed by atoms with Crippen LogP contribution in [0, 0.1) is 5.82 Å². The molecular formula is C27H21ClFN5O3. The van der Waals surface area contributed by atoms with Crippen LogP contribution in [0.25, 0.3) is 6.08 Å². The Morgan fingerprint density at radius 1 is 1.11 bits per heavy atom. The van der Waals surface area contributed by atoms with Gasteiger partial charge in [0.25, 0.3) is 5.91 Å². The molecule has 0 fully saturated rings. The number of nitrogens with zero attached hydrogens (tertiary/aromatic N) is 3. The van der Waals surface area contributed by atoms with Gasteiger partial charge in [-0.1, -0.05) is 41.9 Å². The van der Waals surface area contributed by atoms with Crippen molar-refractivity contribution in [2.45, 2.75) is 12.8 Å². The van der Waals surface area contributed by atoms with Crippen LogP contribution in [0.2, 0.25) is 5.02 Å². The number of hydrogen-bond acceptors (Lipinski definition) is 7. The zero-order valence-corrected chi connectivity index (χ0v) is 20.1. The first-order chi connectivity index (χ1) is 17.9. The maximum absolute atomic E-state index is 14.9. The van der Waals surface area contributed by atoms with E-state index in [2.05, 4.69) is 15.3 Å². The molecule has 1 aliphatic heterocycles. The molecule has 186 valence electrons. The molecular weight excluding hydrogens is 497 g/mol. The van der Waals surface area contributed by atoms with Crippen LogP contribution in [0.5, 0.6) is 11.5 Å². The minimum atomic E-state index is -0.961. The van der Waals surface area contributed by atoms with Crippen LogP contribution in [0.4, 0.5) is 15.9 Å². The summed E-state index contributed by atoms with van der Waals surface area (Å²) in [5.74, 6) is -1.20. The van der Waals surface area contributed by atoms with Crippen molar-refractivity contribution in [3.05, 3.63) is 112 Å². The molecule has 2 aromatic heterocycles. The molecule has 3 heterocycles. The number of amides is 1. The van der Waals surface area contributed by atoms with Crippen LogP contribution >= 0.6 is 11.6 Å². The number of aliphatic hydroxyl groups is 1. The minimum Gasteiger partial charge on any atom is -0.453 e. The van der Waals surface area contributed by atoms with E-state index in [-0.39, 0.29) is 22.2 Å². The monoisotopic (exact) mass is 517 g/mol. The number of ether oxygens (including phenoxy) is 1. The van der Waals surface area contributed by atoms with Gasteiger partial charge in [0.2, 0.25) is 0 Å². The summed E-state index contributed by atoms with van der Waals surface area (Å²) in [7, 11) is 0. The summed E-state index contributed by atoms with van der Waals surface area (Å²) in [6, 6.07) is 17.2. The molecule has 1 amide bonds. The summed E-state index contributed by atoms with van der Waals surface area (Å²) in [6.07, 6.45) is 5.68. The molecule has 0 saturated heterocycles. The lowest BCUT2D eigenvalue weighted by Gasteiger charge is -2.32. The van der Waals surface area contributed by atoms with Crippen LogP contribution in [0.3, 0.4) is 0 Å². The Labute approximate surface area is 216 Å². The van der Waals surface area contributed by atoms with Crippen molar-refractivity contribution in [1.82, 2.24) is 14.9 Å². The Bertz CT molecular complexity index is 1500. The first-order valence-electron chi connectivity index (χ1n) is 11.2. The number of carbonyl (C=O) groups excluding carboxylic acids is 1. The van der Waals surface area contributed by atoms with E-state index in [9.17, 15) is 14.3 Å². The molecule has 0 aliphatic carbocycles. The highest BCUT2D eigenvalue weighted by molar-refractivity contribution is 6.34. The molecule has 8 nitrogen and oxygen atoms in total. The number of pyridine rings is 2. The second-order valence-electron chi connectivity index (χ2n) is 8.22. The van der Waals surface area contributed by atoms with Gasteiger partial charge in [-0.2, -0.15) is 0 Å². The van der Waals surface area contributed by atoms with Crippen molar-refractivity contribution in [3.63, 3.8) is 0 Å². The van der Waals surface area contributed by atoms with Gasteiger partial charge in [0.15, 0.2) is 17.8 Å². The largest absolute Gasteiger partial charge is 0.453 e. The molecule has 2 aromatic carbocycles. The number of hydrogen-bond donors (Lipinski definition) is 3. The highest BCUT2D eigenvalue weighted by Gasteiger charge is 2.25. The number of primary amides is 1. The highest BCUT2D eigenvalue weighted by Crippen LogP contribution is 2.36. The van der Waals surface area contributed by atoms with Gasteiger partial charge in [0.1, 0.15) is 22.3 Å². The molecule has 1 unspecified atom stereocenters. The van der Waals surface area contributed by atoms with E-state index in [0.717, 1.165) is 11.1 Å². The lowest BCUT2D eigenvalue weighted by molar-refractivity contribution is 0.0300.